The third-order valence-corrected chi connectivity index (χ3v) is 5.52. The third kappa shape index (κ3) is 5.43. The van der Waals surface area contributed by atoms with Crippen molar-refractivity contribution in [3.8, 4) is 17.0 Å². The molecule has 4 rings (SSSR count). The Morgan fingerprint density at radius 1 is 1.06 bits per heavy atom. The van der Waals surface area contributed by atoms with Gasteiger partial charge in [-0.15, -0.1) is 10.2 Å². The summed E-state index contributed by atoms with van der Waals surface area (Å²) in [5.41, 5.74) is 2.84. The summed E-state index contributed by atoms with van der Waals surface area (Å²) in [6.45, 7) is 2.79. The molecule has 2 aromatic heterocycles. The summed E-state index contributed by atoms with van der Waals surface area (Å²) in [7, 11) is 1.54. The van der Waals surface area contributed by atoms with Gasteiger partial charge in [-0.25, -0.2) is 0 Å². The van der Waals surface area contributed by atoms with Crippen LogP contribution in [0.15, 0.2) is 54.9 Å². The summed E-state index contributed by atoms with van der Waals surface area (Å²) in [6.07, 6.45) is 5.09. The van der Waals surface area contributed by atoms with Gasteiger partial charge in [-0.3, -0.25) is 14.6 Å². The van der Waals surface area contributed by atoms with Crippen molar-refractivity contribution in [2.45, 2.75) is 19.8 Å². The Balaban J connectivity index is 1.44. The largest absolute Gasteiger partial charge is 0.495 e. The van der Waals surface area contributed by atoms with E-state index in [9.17, 15) is 9.59 Å². The maximum Gasteiger partial charge on any atom is 0.229 e. The van der Waals surface area contributed by atoms with Crippen molar-refractivity contribution in [2.24, 2.45) is 5.92 Å². The van der Waals surface area contributed by atoms with E-state index in [-0.39, 0.29) is 17.7 Å². The summed E-state index contributed by atoms with van der Waals surface area (Å²) in [4.78, 5) is 30.5. The number of carbonyl (C=O) groups is 2. The predicted octanol–water partition coefficient (Wildman–Crippen LogP) is 3.36. The zero-order valence-electron chi connectivity index (χ0n) is 18.6. The van der Waals surface area contributed by atoms with Crippen LogP contribution < -0.4 is 20.3 Å². The quantitative estimate of drug-likeness (QED) is 0.597. The number of hydrogen-bond donors (Lipinski definition) is 2. The lowest BCUT2D eigenvalue weighted by Crippen LogP contribution is -2.41. The maximum absolute atomic E-state index is 13.1. The number of nitrogens with zero attached hydrogens (tertiary/aromatic N) is 4. The number of piperidine rings is 1. The van der Waals surface area contributed by atoms with E-state index in [1.807, 2.05) is 24.3 Å². The lowest BCUT2D eigenvalue weighted by molar-refractivity contribution is -0.120. The normalized spacial score (nSPS) is 15.6. The van der Waals surface area contributed by atoms with E-state index in [0.717, 1.165) is 36.5 Å². The van der Waals surface area contributed by atoms with Crippen LogP contribution in [0.3, 0.4) is 0 Å². The van der Waals surface area contributed by atoms with Gasteiger partial charge in [0.2, 0.25) is 11.8 Å². The van der Waals surface area contributed by atoms with E-state index < -0.39 is 0 Å². The first-order valence-corrected chi connectivity index (χ1v) is 10.8. The number of methoxy groups -OCH3 is 1. The minimum atomic E-state index is -0.213. The van der Waals surface area contributed by atoms with Gasteiger partial charge in [0.05, 0.1) is 24.4 Å². The van der Waals surface area contributed by atoms with Crippen LogP contribution in [-0.2, 0) is 9.59 Å². The molecule has 1 saturated heterocycles. The number of rotatable bonds is 6. The second-order valence-electron chi connectivity index (χ2n) is 7.88. The maximum atomic E-state index is 13.1. The van der Waals surface area contributed by atoms with Crippen molar-refractivity contribution in [2.75, 3.05) is 35.7 Å². The van der Waals surface area contributed by atoms with Gasteiger partial charge in [0.15, 0.2) is 5.82 Å². The minimum Gasteiger partial charge on any atom is -0.495 e. The molecular formula is C24H26N6O3. The molecule has 3 aromatic rings. The smallest absolute Gasteiger partial charge is 0.229 e. The molecule has 9 nitrogen and oxygen atoms in total. The molecule has 2 N–H and O–H groups in total. The first kappa shape index (κ1) is 22.2. The number of anilines is 3. The second-order valence-corrected chi connectivity index (χ2v) is 7.88. The minimum absolute atomic E-state index is 0.0978. The molecular weight excluding hydrogens is 420 g/mol. The summed E-state index contributed by atoms with van der Waals surface area (Å²) < 4.78 is 5.37. The van der Waals surface area contributed by atoms with Crippen molar-refractivity contribution in [1.82, 2.24) is 15.2 Å². The number of ether oxygens (including phenoxy) is 1. The molecule has 0 saturated carbocycles. The van der Waals surface area contributed by atoms with Gasteiger partial charge in [0, 0.05) is 43.7 Å². The summed E-state index contributed by atoms with van der Waals surface area (Å²) >= 11 is 0. The number of pyridine rings is 1. The Hall–Kier alpha value is -4.01. The zero-order chi connectivity index (χ0) is 23.2. The summed E-state index contributed by atoms with van der Waals surface area (Å²) in [6, 6.07) is 12.8. The average Bonchev–Trinajstić information content (AvgIpc) is 2.84. The molecule has 1 aromatic carbocycles. The van der Waals surface area contributed by atoms with Crippen molar-refractivity contribution >= 4 is 29.0 Å². The molecule has 9 heteroatoms. The number of benzene rings is 1. The van der Waals surface area contributed by atoms with Crippen molar-refractivity contribution in [1.29, 1.82) is 0 Å². The highest BCUT2D eigenvalue weighted by atomic mass is 16.5. The van der Waals surface area contributed by atoms with Gasteiger partial charge < -0.3 is 20.3 Å². The van der Waals surface area contributed by atoms with Crippen LogP contribution >= 0.6 is 0 Å². The fourth-order valence-corrected chi connectivity index (χ4v) is 3.89. The molecule has 170 valence electrons. The van der Waals surface area contributed by atoms with Crippen LogP contribution in [0.2, 0.25) is 0 Å². The topological polar surface area (TPSA) is 109 Å². The SMILES string of the molecule is COc1ccc(NC(C)=O)cc1NC(=O)C1CCCN(c2ccc(-c3ccncc3)nn2)C1. The van der Waals surface area contributed by atoms with Crippen LogP contribution in [0.4, 0.5) is 17.2 Å². The van der Waals surface area contributed by atoms with Crippen LogP contribution in [-0.4, -0.2) is 47.2 Å². The molecule has 1 aliphatic heterocycles. The standard InChI is InChI=1S/C24H26N6O3/c1-16(31)26-19-5-7-22(33-2)21(14-19)27-24(32)18-4-3-13-30(15-18)23-8-6-20(28-29-23)17-9-11-25-12-10-17/h5-12,14,18H,3-4,13,15H2,1-2H3,(H,26,31)(H,27,32). The summed E-state index contributed by atoms with van der Waals surface area (Å²) in [5.74, 6) is 0.781. The Bertz CT molecular complexity index is 1120. The van der Waals surface area contributed by atoms with Gasteiger partial charge in [-0.2, -0.15) is 0 Å². The van der Waals surface area contributed by atoms with Crippen LogP contribution in [0, 0.1) is 5.92 Å². The molecule has 0 aliphatic carbocycles. The van der Waals surface area contributed by atoms with E-state index >= 15 is 0 Å². The number of aromatic nitrogens is 3. The van der Waals surface area contributed by atoms with Crippen molar-refractivity contribution < 1.29 is 14.3 Å². The first-order chi connectivity index (χ1) is 16.0. The molecule has 0 spiro atoms. The lowest BCUT2D eigenvalue weighted by Gasteiger charge is -2.32. The molecule has 33 heavy (non-hydrogen) atoms. The third-order valence-electron chi connectivity index (χ3n) is 5.52. The molecule has 1 unspecified atom stereocenters. The van der Waals surface area contributed by atoms with E-state index in [4.69, 9.17) is 4.74 Å². The fraction of sp³-hybridized carbons (Fsp3) is 0.292. The van der Waals surface area contributed by atoms with E-state index in [0.29, 0.717) is 23.7 Å². The monoisotopic (exact) mass is 446 g/mol. The molecule has 1 aliphatic rings. The Morgan fingerprint density at radius 3 is 2.58 bits per heavy atom. The first-order valence-electron chi connectivity index (χ1n) is 10.8. The Kier molecular flexibility index (Phi) is 6.77. The number of carbonyl (C=O) groups excluding carboxylic acids is 2. The average molecular weight is 447 g/mol. The molecule has 0 bridgehead atoms. The van der Waals surface area contributed by atoms with Crippen molar-refractivity contribution in [3.05, 3.63) is 54.9 Å². The summed E-state index contributed by atoms with van der Waals surface area (Å²) in [5, 5.41) is 14.4. The number of amides is 2. The zero-order valence-corrected chi connectivity index (χ0v) is 18.6. The van der Waals surface area contributed by atoms with Gasteiger partial charge in [-0.1, -0.05) is 0 Å². The van der Waals surface area contributed by atoms with Gasteiger partial charge in [-0.05, 0) is 55.3 Å². The second kappa shape index (κ2) is 10.1. The predicted molar refractivity (Wildman–Crippen MR) is 126 cm³/mol. The van der Waals surface area contributed by atoms with Crippen molar-refractivity contribution in [3.63, 3.8) is 0 Å². The van der Waals surface area contributed by atoms with E-state index in [2.05, 4.69) is 30.7 Å². The Labute approximate surface area is 192 Å². The van der Waals surface area contributed by atoms with Crippen LogP contribution in [0.1, 0.15) is 19.8 Å². The Morgan fingerprint density at radius 2 is 1.88 bits per heavy atom. The highest BCUT2D eigenvalue weighted by Crippen LogP contribution is 2.30. The van der Waals surface area contributed by atoms with Gasteiger partial charge in [0.25, 0.3) is 0 Å². The number of nitrogens with one attached hydrogen (secondary N) is 2. The van der Waals surface area contributed by atoms with E-state index in [1.54, 1.807) is 37.7 Å². The molecule has 1 fully saturated rings. The fourth-order valence-electron chi connectivity index (χ4n) is 3.89. The van der Waals surface area contributed by atoms with Gasteiger partial charge in [0.1, 0.15) is 5.75 Å². The van der Waals surface area contributed by atoms with E-state index in [1.165, 1.54) is 6.92 Å². The van der Waals surface area contributed by atoms with Crippen LogP contribution in [0.5, 0.6) is 5.75 Å². The van der Waals surface area contributed by atoms with Gasteiger partial charge >= 0.3 is 0 Å². The highest BCUT2D eigenvalue weighted by Gasteiger charge is 2.27. The molecule has 1 atom stereocenters. The molecule has 3 heterocycles. The highest BCUT2D eigenvalue weighted by molar-refractivity contribution is 5.96. The molecule has 0 radical (unpaired) electrons. The lowest BCUT2D eigenvalue weighted by atomic mass is 9.97. The van der Waals surface area contributed by atoms with Crippen LogP contribution in [0.25, 0.3) is 11.3 Å². The molecule has 2 amide bonds. The number of hydrogen-bond acceptors (Lipinski definition) is 7.